The number of hydrogen-bond acceptors (Lipinski definition) is 4. The Bertz CT molecular complexity index is 646. The van der Waals surface area contributed by atoms with Crippen LogP contribution in [0.5, 0.6) is 0 Å². The molecule has 8 heteroatoms. The van der Waals surface area contributed by atoms with E-state index in [0.717, 1.165) is 24.8 Å². The monoisotopic (exact) mass is 349 g/mol. The molecular weight excluding hydrogens is 326 g/mol. The average molecular weight is 349 g/mol. The average Bonchev–Trinajstić information content (AvgIpc) is 2.99. The Labute approximate surface area is 146 Å². The first kappa shape index (κ1) is 18.7. The van der Waals surface area contributed by atoms with E-state index in [-0.39, 0.29) is 18.3 Å². The number of unbranched alkanes of at least 4 members (excludes halogenated alkanes) is 1. The second kappa shape index (κ2) is 7.96. The van der Waals surface area contributed by atoms with Crippen molar-refractivity contribution in [2.75, 3.05) is 19.6 Å². The van der Waals surface area contributed by atoms with Gasteiger partial charge in [0.25, 0.3) is 5.69 Å². The number of nitro groups is 1. The summed E-state index contributed by atoms with van der Waals surface area (Å²) in [5.74, 6) is -0.870. The molecule has 25 heavy (non-hydrogen) atoms. The number of nitrogens with one attached hydrogen (secondary N) is 1. The summed E-state index contributed by atoms with van der Waals surface area (Å²) in [6.07, 6.45) is 2.89. The maximum absolute atomic E-state index is 12.0. The van der Waals surface area contributed by atoms with Crippen molar-refractivity contribution in [2.45, 2.75) is 32.6 Å². The summed E-state index contributed by atoms with van der Waals surface area (Å²) in [5, 5.41) is 22.6. The van der Waals surface area contributed by atoms with Crippen LogP contribution in [-0.4, -0.2) is 46.6 Å². The number of carbonyl (C=O) groups is 2. The van der Waals surface area contributed by atoms with Crippen LogP contribution in [0.1, 0.15) is 31.7 Å². The summed E-state index contributed by atoms with van der Waals surface area (Å²) in [6.45, 7) is 2.87. The number of hydrogen-bond donors (Lipinski definition) is 2. The number of carbonyl (C=O) groups excluding carboxylic acids is 1. The molecule has 136 valence electrons. The van der Waals surface area contributed by atoms with Crippen molar-refractivity contribution < 1.29 is 19.6 Å². The molecule has 1 saturated heterocycles. The number of nitro benzene ring substituents is 1. The van der Waals surface area contributed by atoms with Crippen LogP contribution in [0.2, 0.25) is 0 Å². The summed E-state index contributed by atoms with van der Waals surface area (Å²) in [5.41, 5.74) is 0.247. The van der Waals surface area contributed by atoms with E-state index in [1.165, 1.54) is 12.1 Å². The van der Waals surface area contributed by atoms with Crippen LogP contribution in [0, 0.1) is 15.5 Å². The Balaban J connectivity index is 1.65. The molecule has 1 atom stereocenters. The van der Waals surface area contributed by atoms with E-state index in [2.05, 4.69) is 5.32 Å². The number of carboxylic acids is 1. The van der Waals surface area contributed by atoms with Crippen molar-refractivity contribution in [3.05, 3.63) is 39.9 Å². The fraction of sp³-hybridized carbons (Fsp3) is 0.529. The van der Waals surface area contributed by atoms with Gasteiger partial charge in [0.1, 0.15) is 0 Å². The quantitative estimate of drug-likeness (QED) is 0.446. The number of benzene rings is 1. The van der Waals surface area contributed by atoms with Gasteiger partial charge in [0, 0.05) is 31.8 Å². The molecule has 1 aromatic carbocycles. The molecule has 0 bridgehead atoms. The Kier molecular flexibility index (Phi) is 5.95. The standard InChI is InChI=1S/C17H23N3O5/c1-17(15(21)22)9-11-19(12-17)16(23)18-10-3-2-4-13-5-7-14(8-6-13)20(24)25/h5-8H,2-4,9-12H2,1H3,(H,18,23)(H,21,22). The lowest BCUT2D eigenvalue weighted by Gasteiger charge is -2.20. The van der Waals surface area contributed by atoms with Gasteiger partial charge in [-0.05, 0) is 38.2 Å². The molecule has 1 aliphatic heterocycles. The van der Waals surface area contributed by atoms with E-state index < -0.39 is 16.3 Å². The van der Waals surface area contributed by atoms with Crippen molar-refractivity contribution in [1.82, 2.24) is 10.2 Å². The number of urea groups is 1. The van der Waals surface area contributed by atoms with Gasteiger partial charge < -0.3 is 15.3 Å². The van der Waals surface area contributed by atoms with Gasteiger partial charge in [-0.3, -0.25) is 14.9 Å². The van der Waals surface area contributed by atoms with Crippen molar-refractivity contribution in [3.8, 4) is 0 Å². The predicted octanol–water partition coefficient (Wildman–Crippen LogP) is 2.42. The summed E-state index contributed by atoms with van der Waals surface area (Å²) in [6, 6.07) is 6.25. The Morgan fingerprint density at radius 3 is 2.56 bits per heavy atom. The van der Waals surface area contributed by atoms with Crippen LogP contribution in [0.15, 0.2) is 24.3 Å². The van der Waals surface area contributed by atoms with Crippen LogP contribution in [-0.2, 0) is 11.2 Å². The smallest absolute Gasteiger partial charge is 0.317 e. The van der Waals surface area contributed by atoms with Crippen LogP contribution in [0.25, 0.3) is 0 Å². The molecule has 1 unspecified atom stereocenters. The van der Waals surface area contributed by atoms with E-state index >= 15 is 0 Å². The molecular formula is C17H23N3O5. The first-order valence-electron chi connectivity index (χ1n) is 8.31. The summed E-state index contributed by atoms with van der Waals surface area (Å²) < 4.78 is 0. The van der Waals surface area contributed by atoms with Gasteiger partial charge in [0.15, 0.2) is 0 Å². The Hall–Kier alpha value is -2.64. The molecule has 8 nitrogen and oxygen atoms in total. The van der Waals surface area contributed by atoms with Crippen molar-refractivity contribution >= 4 is 17.7 Å². The fourth-order valence-electron chi connectivity index (χ4n) is 2.85. The molecule has 0 spiro atoms. The lowest BCUT2D eigenvalue weighted by atomic mass is 9.90. The number of aliphatic carboxylic acids is 1. The molecule has 1 heterocycles. The third kappa shape index (κ3) is 4.91. The van der Waals surface area contributed by atoms with Crippen molar-refractivity contribution in [1.29, 1.82) is 0 Å². The maximum atomic E-state index is 12.0. The lowest BCUT2D eigenvalue weighted by molar-refractivity contribution is -0.384. The van der Waals surface area contributed by atoms with E-state index in [1.54, 1.807) is 24.0 Å². The second-order valence-corrected chi connectivity index (χ2v) is 6.65. The Morgan fingerprint density at radius 1 is 1.32 bits per heavy atom. The summed E-state index contributed by atoms with van der Waals surface area (Å²) >= 11 is 0. The molecule has 2 N–H and O–H groups in total. The minimum atomic E-state index is -0.870. The minimum absolute atomic E-state index is 0.0787. The topological polar surface area (TPSA) is 113 Å². The highest BCUT2D eigenvalue weighted by molar-refractivity contribution is 5.79. The predicted molar refractivity (Wildman–Crippen MR) is 91.4 cm³/mol. The number of nitrogens with zero attached hydrogens (tertiary/aromatic N) is 2. The maximum Gasteiger partial charge on any atom is 0.317 e. The van der Waals surface area contributed by atoms with Gasteiger partial charge in [-0.15, -0.1) is 0 Å². The van der Waals surface area contributed by atoms with Crippen molar-refractivity contribution in [3.63, 3.8) is 0 Å². The van der Waals surface area contributed by atoms with E-state index in [1.807, 2.05) is 0 Å². The highest BCUT2D eigenvalue weighted by Crippen LogP contribution is 2.29. The second-order valence-electron chi connectivity index (χ2n) is 6.65. The fourth-order valence-corrected chi connectivity index (χ4v) is 2.85. The van der Waals surface area contributed by atoms with Gasteiger partial charge in [0.05, 0.1) is 10.3 Å². The SMILES string of the molecule is CC1(C(=O)O)CCN(C(=O)NCCCCc2ccc([N+](=O)[O-])cc2)C1. The number of carboxylic acid groups (broad SMARTS) is 1. The van der Waals surface area contributed by atoms with Gasteiger partial charge in [0.2, 0.25) is 0 Å². The first-order chi connectivity index (χ1) is 11.8. The zero-order valence-electron chi connectivity index (χ0n) is 14.2. The van der Waals surface area contributed by atoms with Gasteiger partial charge in [-0.1, -0.05) is 12.1 Å². The molecule has 0 aliphatic carbocycles. The number of amides is 2. The number of non-ortho nitro benzene ring substituents is 1. The number of aryl methyl sites for hydroxylation is 1. The van der Waals surface area contributed by atoms with Gasteiger partial charge in [-0.25, -0.2) is 4.79 Å². The van der Waals surface area contributed by atoms with E-state index in [9.17, 15) is 24.8 Å². The number of rotatable bonds is 7. The number of likely N-dealkylation sites (tertiary alicyclic amines) is 1. The highest BCUT2D eigenvalue weighted by atomic mass is 16.6. The molecule has 2 rings (SSSR count). The van der Waals surface area contributed by atoms with Crippen molar-refractivity contribution in [2.24, 2.45) is 5.41 Å². The molecule has 0 radical (unpaired) electrons. The van der Waals surface area contributed by atoms with Gasteiger partial charge >= 0.3 is 12.0 Å². The third-order valence-corrected chi connectivity index (χ3v) is 4.59. The normalized spacial score (nSPS) is 19.6. The summed E-state index contributed by atoms with van der Waals surface area (Å²) in [7, 11) is 0. The van der Waals surface area contributed by atoms with E-state index in [0.29, 0.717) is 19.5 Å². The zero-order chi connectivity index (χ0) is 18.4. The molecule has 1 aromatic rings. The Morgan fingerprint density at radius 2 is 2.00 bits per heavy atom. The van der Waals surface area contributed by atoms with Crippen LogP contribution >= 0.6 is 0 Å². The molecule has 1 aliphatic rings. The van der Waals surface area contributed by atoms with E-state index in [4.69, 9.17) is 0 Å². The zero-order valence-corrected chi connectivity index (χ0v) is 14.2. The lowest BCUT2D eigenvalue weighted by Crippen LogP contribution is -2.41. The summed E-state index contributed by atoms with van der Waals surface area (Å²) in [4.78, 5) is 34.9. The highest BCUT2D eigenvalue weighted by Gasteiger charge is 2.42. The molecule has 1 fully saturated rings. The van der Waals surface area contributed by atoms with Crippen LogP contribution < -0.4 is 5.32 Å². The molecule has 0 saturated carbocycles. The third-order valence-electron chi connectivity index (χ3n) is 4.59. The van der Waals surface area contributed by atoms with Gasteiger partial charge in [-0.2, -0.15) is 0 Å². The van der Waals surface area contributed by atoms with Crippen LogP contribution in [0.3, 0.4) is 0 Å². The molecule has 2 amide bonds. The molecule has 0 aromatic heterocycles. The van der Waals surface area contributed by atoms with Crippen LogP contribution in [0.4, 0.5) is 10.5 Å². The minimum Gasteiger partial charge on any atom is -0.481 e. The first-order valence-corrected chi connectivity index (χ1v) is 8.31. The largest absolute Gasteiger partial charge is 0.481 e.